The normalized spacial score (nSPS) is 28.4. The lowest BCUT2D eigenvalue weighted by Crippen LogP contribution is -2.27. The first-order valence-electron chi connectivity index (χ1n) is 6.64. The fourth-order valence-electron chi connectivity index (χ4n) is 3.34. The Bertz CT molecular complexity index is 635. The molecule has 0 spiro atoms. The number of aromatic nitrogens is 2. The first-order valence-corrected chi connectivity index (χ1v) is 6.64. The molecular weight excluding hydrogens is 240 g/mol. The number of imidazole rings is 1. The minimum Gasteiger partial charge on any atom is -0.390 e. The van der Waals surface area contributed by atoms with E-state index in [2.05, 4.69) is 34.7 Å². The number of benzene rings is 1. The lowest BCUT2D eigenvalue weighted by atomic mass is 9.89. The van der Waals surface area contributed by atoms with E-state index < -0.39 is 6.10 Å². The minimum atomic E-state index is -0.397. The van der Waals surface area contributed by atoms with E-state index in [0.29, 0.717) is 13.2 Å². The highest BCUT2D eigenvalue weighted by molar-refractivity contribution is 5.69. The molecule has 0 bridgehead atoms. The second-order valence-corrected chi connectivity index (χ2v) is 5.49. The van der Waals surface area contributed by atoms with Gasteiger partial charge in [-0.3, -0.25) is 0 Å². The van der Waals surface area contributed by atoms with Crippen molar-refractivity contribution in [2.75, 3.05) is 13.2 Å². The smallest absolute Gasteiger partial charge is 0.0956 e. The molecule has 2 aliphatic heterocycles. The van der Waals surface area contributed by atoms with Gasteiger partial charge in [0.25, 0.3) is 0 Å². The minimum absolute atomic E-state index is 0.107. The molecule has 4 nitrogen and oxygen atoms in total. The standard InChI is InChI=1S/C15H16N2O2/c1-9-2-3-10-11(4-9)15(12-6-19-7-14(12)18)17-8-16-5-13(10)17/h2-5,8,12,14-15,18H,6-7H2,1H3/t12-,14-,15-/m1/s1. The van der Waals surface area contributed by atoms with Gasteiger partial charge in [-0.2, -0.15) is 0 Å². The number of hydrogen-bond acceptors (Lipinski definition) is 3. The van der Waals surface area contributed by atoms with Crippen LogP contribution in [0, 0.1) is 12.8 Å². The molecule has 4 heteroatoms. The Kier molecular flexibility index (Phi) is 2.31. The number of aliphatic hydroxyl groups is 1. The van der Waals surface area contributed by atoms with E-state index >= 15 is 0 Å². The van der Waals surface area contributed by atoms with Gasteiger partial charge < -0.3 is 14.4 Å². The maximum Gasteiger partial charge on any atom is 0.0956 e. The number of aryl methyl sites for hydroxylation is 1. The van der Waals surface area contributed by atoms with E-state index in [-0.39, 0.29) is 12.0 Å². The van der Waals surface area contributed by atoms with Crippen molar-refractivity contribution < 1.29 is 9.84 Å². The van der Waals surface area contributed by atoms with Crippen molar-refractivity contribution in [2.45, 2.75) is 19.1 Å². The van der Waals surface area contributed by atoms with Gasteiger partial charge in [-0.05, 0) is 12.5 Å². The number of ether oxygens (including phenoxy) is 1. The van der Waals surface area contributed by atoms with Crippen LogP contribution in [-0.2, 0) is 4.74 Å². The van der Waals surface area contributed by atoms with Crippen molar-refractivity contribution in [1.82, 2.24) is 9.55 Å². The third-order valence-corrected chi connectivity index (χ3v) is 4.27. The predicted octanol–water partition coefficient (Wildman–Crippen LogP) is 1.77. The summed E-state index contributed by atoms with van der Waals surface area (Å²) >= 11 is 0. The van der Waals surface area contributed by atoms with Crippen LogP contribution in [0.4, 0.5) is 0 Å². The number of aliphatic hydroxyl groups excluding tert-OH is 1. The molecule has 2 aliphatic rings. The molecule has 1 N–H and O–H groups in total. The lowest BCUT2D eigenvalue weighted by Gasteiger charge is -2.23. The maximum atomic E-state index is 10.1. The van der Waals surface area contributed by atoms with Crippen molar-refractivity contribution in [3.63, 3.8) is 0 Å². The summed E-state index contributed by atoms with van der Waals surface area (Å²) in [7, 11) is 0. The molecule has 19 heavy (non-hydrogen) atoms. The molecule has 3 heterocycles. The lowest BCUT2D eigenvalue weighted by molar-refractivity contribution is 0.111. The second-order valence-electron chi connectivity index (χ2n) is 5.49. The first-order chi connectivity index (χ1) is 9.25. The second kappa shape index (κ2) is 3.92. The molecule has 98 valence electrons. The number of fused-ring (bicyclic) bond motifs is 3. The van der Waals surface area contributed by atoms with Crippen molar-refractivity contribution in [3.8, 4) is 11.3 Å². The van der Waals surface area contributed by atoms with Crippen LogP contribution in [0.5, 0.6) is 0 Å². The maximum absolute atomic E-state index is 10.1. The molecule has 0 radical (unpaired) electrons. The van der Waals surface area contributed by atoms with Crippen LogP contribution in [0.3, 0.4) is 0 Å². The third-order valence-electron chi connectivity index (χ3n) is 4.27. The Balaban J connectivity index is 1.90. The SMILES string of the molecule is Cc1ccc2c(c1)[C@H]([C@@H]1COC[C@H]1O)n1cncc1-2. The molecule has 1 aromatic heterocycles. The molecule has 4 rings (SSSR count). The summed E-state index contributed by atoms with van der Waals surface area (Å²) in [5.41, 5.74) is 4.90. The quantitative estimate of drug-likeness (QED) is 0.846. The van der Waals surface area contributed by atoms with Gasteiger partial charge in [0.05, 0.1) is 43.6 Å². The molecule has 1 aromatic carbocycles. The van der Waals surface area contributed by atoms with Crippen LogP contribution in [0.15, 0.2) is 30.7 Å². The molecule has 1 saturated heterocycles. The summed E-state index contributed by atoms with van der Waals surface area (Å²) in [5, 5.41) is 10.1. The van der Waals surface area contributed by atoms with E-state index in [4.69, 9.17) is 4.74 Å². The average molecular weight is 256 g/mol. The fourth-order valence-corrected chi connectivity index (χ4v) is 3.34. The largest absolute Gasteiger partial charge is 0.390 e. The van der Waals surface area contributed by atoms with Gasteiger partial charge in [0.15, 0.2) is 0 Å². The van der Waals surface area contributed by atoms with E-state index in [1.807, 2.05) is 12.5 Å². The molecule has 0 unspecified atom stereocenters. The van der Waals surface area contributed by atoms with Crippen LogP contribution in [0.25, 0.3) is 11.3 Å². The molecule has 3 atom stereocenters. The first kappa shape index (κ1) is 11.2. The van der Waals surface area contributed by atoms with E-state index in [9.17, 15) is 5.11 Å². The van der Waals surface area contributed by atoms with Crippen molar-refractivity contribution in [1.29, 1.82) is 0 Å². The molecule has 2 aromatic rings. The Hall–Kier alpha value is -1.65. The van der Waals surface area contributed by atoms with Gasteiger partial charge in [-0.25, -0.2) is 4.98 Å². The summed E-state index contributed by atoms with van der Waals surface area (Å²) in [6, 6.07) is 6.64. The van der Waals surface area contributed by atoms with Crippen molar-refractivity contribution in [3.05, 3.63) is 41.9 Å². The highest BCUT2D eigenvalue weighted by Crippen LogP contribution is 2.45. The Morgan fingerprint density at radius 1 is 1.37 bits per heavy atom. The number of rotatable bonds is 1. The van der Waals surface area contributed by atoms with E-state index in [1.54, 1.807) is 0 Å². The van der Waals surface area contributed by atoms with Crippen LogP contribution >= 0.6 is 0 Å². The molecule has 1 fully saturated rings. The van der Waals surface area contributed by atoms with Gasteiger partial charge in [0.1, 0.15) is 0 Å². The van der Waals surface area contributed by atoms with Gasteiger partial charge in [0, 0.05) is 11.5 Å². The number of nitrogens with zero attached hydrogens (tertiary/aromatic N) is 2. The van der Waals surface area contributed by atoms with E-state index in [1.165, 1.54) is 16.7 Å². The molecule has 0 saturated carbocycles. The zero-order valence-electron chi connectivity index (χ0n) is 10.8. The van der Waals surface area contributed by atoms with Crippen LogP contribution in [0.1, 0.15) is 17.2 Å². The van der Waals surface area contributed by atoms with Crippen LogP contribution < -0.4 is 0 Å². The molecular formula is C15H16N2O2. The van der Waals surface area contributed by atoms with Crippen LogP contribution in [-0.4, -0.2) is 34.0 Å². The molecule has 0 amide bonds. The summed E-state index contributed by atoms with van der Waals surface area (Å²) in [6.07, 6.45) is 3.36. The van der Waals surface area contributed by atoms with Gasteiger partial charge in [-0.1, -0.05) is 23.8 Å². The predicted molar refractivity (Wildman–Crippen MR) is 70.9 cm³/mol. The topological polar surface area (TPSA) is 47.3 Å². The van der Waals surface area contributed by atoms with Gasteiger partial charge in [0.2, 0.25) is 0 Å². The Morgan fingerprint density at radius 2 is 2.26 bits per heavy atom. The zero-order valence-corrected chi connectivity index (χ0v) is 10.8. The highest BCUT2D eigenvalue weighted by Gasteiger charge is 2.40. The number of hydrogen-bond donors (Lipinski definition) is 1. The highest BCUT2D eigenvalue weighted by atomic mass is 16.5. The Morgan fingerprint density at radius 3 is 3.05 bits per heavy atom. The van der Waals surface area contributed by atoms with Gasteiger partial charge >= 0.3 is 0 Å². The Labute approximate surface area is 111 Å². The van der Waals surface area contributed by atoms with Crippen molar-refractivity contribution in [2.24, 2.45) is 5.92 Å². The fraction of sp³-hybridized carbons (Fsp3) is 0.400. The van der Waals surface area contributed by atoms with Crippen LogP contribution in [0.2, 0.25) is 0 Å². The van der Waals surface area contributed by atoms with Gasteiger partial charge in [-0.15, -0.1) is 0 Å². The van der Waals surface area contributed by atoms with Crippen molar-refractivity contribution >= 4 is 0 Å². The van der Waals surface area contributed by atoms with E-state index in [0.717, 1.165) is 5.69 Å². The summed E-state index contributed by atoms with van der Waals surface area (Å²) in [4.78, 5) is 4.25. The molecule has 0 aliphatic carbocycles. The zero-order chi connectivity index (χ0) is 13.0. The average Bonchev–Trinajstić information content (AvgIpc) is 3.05. The monoisotopic (exact) mass is 256 g/mol. The summed E-state index contributed by atoms with van der Waals surface area (Å²) in [5.74, 6) is 0.107. The summed E-state index contributed by atoms with van der Waals surface area (Å²) in [6.45, 7) is 3.15. The third kappa shape index (κ3) is 1.50. The summed E-state index contributed by atoms with van der Waals surface area (Å²) < 4.78 is 7.61.